The van der Waals surface area contributed by atoms with Gasteiger partial charge in [0, 0.05) is 29.2 Å². The highest BCUT2D eigenvalue weighted by molar-refractivity contribution is 6.45. The molecule has 2 heterocycles. The number of Topliss-reactive ketones (excluding diaryl/α,β-unsaturated/α-hetero) is 1. The molecule has 5 nitrogen and oxygen atoms in total. The molecule has 2 N–H and O–H groups in total. The minimum Gasteiger partial charge on any atom is -0.358 e. The van der Waals surface area contributed by atoms with Crippen molar-refractivity contribution in [3.8, 4) is 0 Å². The van der Waals surface area contributed by atoms with Crippen LogP contribution in [-0.4, -0.2) is 47.3 Å². The Morgan fingerprint density at radius 3 is 2.70 bits per heavy atom. The second-order valence-electron chi connectivity index (χ2n) is 6.30. The molecular weight excluding hydrogens is 290 g/mol. The van der Waals surface area contributed by atoms with E-state index in [1.54, 1.807) is 0 Å². The first-order chi connectivity index (χ1) is 11.1. The number of ketones is 1. The number of hydrogen-bond acceptors (Lipinski definition) is 3. The van der Waals surface area contributed by atoms with Crippen LogP contribution >= 0.6 is 0 Å². The number of nitrogens with one attached hydrogen (secondary N) is 2. The zero-order valence-electron chi connectivity index (χ0n) is 13.7. The Labute approximate surface area is 136 Å². The number of aromatic amines is 1. The maximum atomic E-state index is 12.5. The van der Waals surface area contributed by atoms with Crippen LogP contribution in [0.5, 0.6) is 0 Å². The number of amides is 1. The molecule has 1 amide bonds. The van der Waals surface area contributed by atoms with E-state index in [1.807, 2.05) is 31.2 Å². The van der Waals surface area contributed by atoms with E-state index in [2.05, 4.69) is 22.1 Å². The number of H-pyrrole nitrogens is 1. The van der Waals surface area contributed by atoms with E-state index in [9.17, 15) is 9.59 Å². The summed E-state index contributed by atoms with van der Waals surface area (Å²) >= 11 is 0. The Bertz CT molecular complexity index is 729. The van der Waals surface area contributed by atoms with Crippen molar-refractivity contribution < 1.29 is 9.59 Å². The SMILES string of the molecule is Cc1[nH]c2ccccc2c1C(=O)C(=O)NC[C@H](C)N1CCCC1. The summed E-state index contributed by atoms with van der Waals surface area (Å²) in [7, 11) is 0. The molecule has 0 spiro atoms. The Kier molecular flexibility index (Phi) is 4.48. The molecular formula is C18H23N3O2. The van der Waals surface area contributed by atoms with Crippen molar-refractivity contribution in [2.75, 3.05) is 19.6 Å². The van der Waals surface area contributed by atoms with Gasteiger partial charge in [0.1, 0.15) is 0 Å². The first-order valence-electron chi connectivity index (χ1n) is 8.22. The van der Waals surface area contributed by atoms with E-state index in [0.29, 0.717) is 12.1 Å². The van der Waals surface area contributed by atoms with Crippen LogP contribution in [0.2, 0.25) is 0 Å². The highest BCUT2D eigenvalue weighted by Gasteiger charge is 2.24. The maximum Gasteiger partial charge on any atom is 0.292 e. The second-order valence-corrected chi connectivity index (χ2v) is 6.30. The van der Waals surface area contributed by atoms with Crippen molar-refractivity contribution in [3.63, 3.8) is 0 Å². The average molecular weight is 313 g/mol. The van der Waals surface area contributed by atoms with Gasteiger partial charge in [0.25, 0.3) is 11.7 Å². The van der Waals surface area contributed by atoms with Crippen LogP contribution in [0.15, 0.2) is 24.3 Å². The van der Waals surface area contributed by atoms with Gasteiger partial charge in [-0.3, -0.25) is 14.5 Å². The topological polar surface area (TPSA) is 65.2 Å². The molecule has 1 aromatic heterocycles. The van der Waals surface area contributed by atoms with Gasteiger partial charge in [-0.05, 0) is 45.8 Å². The van der Waals surface area contributed by atoms with Crippen molar-refractivity contribution in [1.29, 1.82) is 0 Å². The normalized spacial score (nSPS) is 16.6. The molecule has 1 aliphatic rings. The fourth-order valence-corrected chi connectivity index (χ4v) is 3.31. The lowest BCUT2D eigenvalue weighted by Gasteiger charge is -2.23. The van der Waals surface area contributed by atoms with Crippen LogP contribution in [0.4, 0.5) is 0 Å². The van der Waals surface area contributed by atoms with Crippen molar-refractivity contribution in [1.82, 2.24) is 15.2 Å². The number of fused-ring (bicyclic) bond motifs is 1. The number of likely N-dealkylation sites (tertiary alicyclic amines) is 1. The average Bonchev–Trinajstić information content (AvgIpc) is 3.18. The molecule has 0 unspecified atom stereocenters. The number of aromatic nitrogens is 1. The smallest absolute Gasteiger partial charge is 0.292 e. The predicted molar refractivity (Wildman–Crippen MR) is 90.6 cm³/mol. The molecule has 1 atom stereocenters. The monoisotopic (exact) mass is 313 g/mol. The fraction of sp³-hybridized carbons (Fsp3) is 0.444. The number of benzene rings is 1. The molecule has 1 fully saturated rings. The summed E-state index contributed by atoms with van der Waals surface area (Å²) in [5, 5.41) is 3.60. The van der Waals surface area contributed by atoms with E-state index < -0.39 is 11.7 Å². The van der Waals surface area contributed by atoms with Gasteiger partial charge in [-0.25, -0.2) is 0 Å². The first-order valence-corrected chi connectivity index (χ1v) is 8.22. The van der Waals surface area contributed by atoms with Crippen molar-refractivity contribution in [3.05, 3.63) is 35.5 Å². The molecule has 122 valence electrons. The summed E-state index contributed by atoms with van der Waals surface area (Å²) < 4.78 is 0. The zero-order valence-corrected chi connectivity index (χ0v) is 13.7. The Balaban J connectivity index is 1.69. The second kappa shape index (κ2) is 6.54. The van der Waals surface area contributed by atoms with Gasteiger partial charge in [0.15, 0.2) is 0 Å². The largest absolute Gasteiger partial charge is 0.358 e. The number of nitrogens with zero attached hydrogens (tertiary/aromatic N) is 1. The van der Waals surface area contributed by atoms with Gasteiger partial charge in [0.05, 0.1) is 5.56 Å². The molecule has 2 aromatic rings. The molecule has 5 heteroatoms. The number of aryl methyl sites for hydroxylation is 1. The van der Waals surface area contributed by atoms with Crippen LogP contribution in [0, 0.1) is 6.92 Å². The summed E-state index contributed by atoms with van der Waals surface area (Å²) in [6.07, 6.45) is 2.43. The molecule has 3 rings (SSSR count). The molecule has 0 radical (unpaired) electrons. The Hall–Kier alpha value is -2.14. The Morgan fingerprint density at radius 2 is 1.96 bits per heavy atom. The lowest BCUT2D eigenvalue weighted by molar-refractivity contribution is -0.117. The first kappa shape index (κ1) is 15.7. The van der Waals surface area contributed by atoms with Crippen LogP contribution < -0.4 is 5.32 Å². The summed E-state index contributed by atoms with van der Waals surface area (Å²) in [5.74, 6) is -0.988. The molecule has 1 saturated heterocycles. The van der Waals surface area contributed by atoms with Gasteiger partial charge in [-0.2, -0.15) is 0 Å². The number of carbonyl (C=O) groups is 2. The van der Waals surface area contributed by atoms with Gasteiger partial charge in [0.2, 0.25) is 0 Å². The van der Waals surface area contributed by atoms with Gasteiger partial charge in [-0.1, -0.05) is 18.2 Å². The summed E-state index contributed by atoms with van der Waals surface area (Å²) in [4.78, 5) is 30.3. The highest BCUT2D eigenvalue weighted by Crippen LogP contribution is 2.22. The number of para-hydroxylation sites is 1. The van der Waals surface area contributed by atoms with Crippen molar-refractivity contribution in [2.45, 2.75) is 32.7 Å². The van der Waals surface area contributed by atoms with E-state index in [1.165, 1.54) is 12.8 Å². The molecule has 0 saturated carbocycles. The van der Waals surface area contributed by atoms with Crippen molar-refractivity contribution in [2.24, 2.45) is 0 Å². The van der Waals surface area contributed by atoms with E-state index >= 15 is 0 Å². The summed E-state index contributed by atoms with van der Waals surface area (Å²) in [5.41, 5.74) is 2.09. The van der Waals surface area contributed by atoms with E-state index in [4.69, 9.17) is 0 Å². The van der Waals surface area contributed by atoms with Crippen LogP contribution in [0.3, 0.4) is 0 Å². The van der Waals surface area contributed by atoms with Gasteiger partial charge < -0.3 is 10.3 Å². The summed E-state index contributed by atoms with van der Waals surface area (Å²) in [6.45, 7) is 6.57. The quantitative estimate of drug-likeness (QED) is 0.657. The standard InChI is InChI=1S/C18H23N3O2/c1-12(21-9-5-6-10-21)11-19-18(23)17(22)16-13(2)20-15-8-4-3-7-14(15)16/h3-4,7-8,12,20H,5-6,9-11H2,1-2H3,(H,19,23)/t12-/m0/s1. The third-order valence-corrected chi connectivity index (χ3v) is 4.65. The molecule has 0 aliphatic carbocycles. The fourth-order valence-electron chi connectivity index (χ4n) is 3.31. The number of rotatable bonds is 5. The third kappa shape index (κ3) is 3.15. The lowest BCUT2D eigenvalue weighted by Crippen LogP contribution is -2.42. The third-order valence-electron chi connectivity index (χ3n) is 4.65. The highest BCUT2D eigenvalue weighted by atomic mass is 16.2. The van der Waals surface area contributed by atoms with Gasteiger partial charge >= 0.3 is 0 Å². The Morgan fingerprint density at radius 1 is 1.26 bits per heavy atom. The minimum atomic E-state index is -0.524. The predicted octanol–water partition coefficient (Wildman–Crippen LogP) is 2.26. The maximum absolute atomic E-state index is 12.5. The summed E-state index contributed by atoms with van der Waals surface area (Å²) in [6, 6.07) is 7.82. The molecule has 1 aromatic carbocycles. The van der Waals surface area contributed by atoms with Crippen molar-refractivity contribution >= 4 is 22.6 Å². The zero-order chi connectivity index (χ0) is 16.4. The van der Waals surface area contributed by atoms with Gasteiger partial charge in [-0.15, -0.1) is 0 Å². The number of hydrogen-bond donors (Lipinski definition) is 2. The molecule has 23 heavy (non-hydrogen) atoms. The molecule has 1 aliphatic heterocycles. The van der Waals surface area contributed by atoms with Crippen LogP contribution in [-0.2, 0) is 4.79 Å². The van der Waals surface area contributed by atoms with Crippen LogP contribution in [0.25, 0.3) is 10.9 Å². The minimum absolute atomic E-state index is 0.262. The lowest BCUT2D eigenvalue weighted by atomic mass is 10.1. The molecule has 0 bridgehead atoms. The van der Waals surface area contributed by atoms with E-state index in [-0.39, 0.29) is 6.04 Å². The van der Waals surface area contributed by atoms with E-state index in [0.717, 1.165) is 29.7 Å². The number of carbonyl (C=O) groups excluding carboxylic acids is 2. The van der Waals surface area contributed by atoms with Crippen LogP contribution in [0.1, 0.15) is 35.8 Å².